The Hall–Kier alpha value is -1.75. The highest BCUT2D eigenvalue weighted by Crippen LogP contribution is 2.33. The normalized spacial score (nSPS) is 18.0. The lowest BCUT2D eigenvalue weighted by molar-refractivity contribution is 0.0731. The Balaban J connectivity index is 1.92. The molecule has 1 aromatic carbocycles. The Bertz CT molecular complexity index is 663. The number of likely N-dealkylation sites (tertiary alicyclic amines) is 1. The molecule has 0 bridgehead atoms. The fraction of sp³-hybridized carbons (Fsp3) is 0.250. The van der Waals surface area contributed by atoms with Crippen LogP contribution in [0.15, 0.2) is 47.2 Å². The lowest BCUT2D eigenvalue weighted by atomic mass is 10.1. The second-order valence-electron chi connectivity index (χ2n) is 5.06. The molecule has 1 saturated heterocycles. The van der Waals surface area contributed by atoms with Crippen LogP contribution in [-0.2, 0) is 0 Å². The van der Waals surface area contributed by atoms with Crippen molar-refractivity contribution in [1.29, 1.82) is 0 Å². The highest BCUT2D eigenvalue weighted by molar-refractivity contribution is 9.10. The first-order valence-electron chi connectivity index (χ1n) is 6.83. The van der Waals surface area contributed by atoms with Gasteiger partial charge in [0.1, 0.15) is 5.82 Å². The minimum atomic E-state index is -0.483. The molecule has 21 heavy (non-hydrogen) atoms. The van der Waals surface area contributed by atoms with E-state index in [0.29, 0.717) is 11.0 Å². The Labute approximate surface area is 130 Å². The summed E-state index contributed by atoms with van der Waals surface area (Å²) in [4.78, 5) is 18.4. The van der Waals surface area contributed by atoms with Crippen molar-refractivity contribution in [3.63, 3.8) is 0 Å². The van der Waals surface area contributed by atoms with Gasteiger partial charge in [-0.1, -0.05) is 15.9 Å². The predicted molar refractivity (Wildman–Crippen MR) is 81.3 cm³/mol. The van der Waals surface area contributed by atoms with Crippen LogP contribution in [-0.4, -0.2) is 22.3 Å². The summed E-state index contributed by atoms with van der Waals surface area (Å²) in [6.07, 6.45) is 5.26. The summed E-state index contributed by atoms with van der Waals surface area (Å²) in [7, 11) is 0. The number of nitrogens with zero attached hydrogens (tertiary/aromatic N) is 2. The minimum Gasteiger partial charge on any atom is -0.332 e. The highest BCUT2D eigenvalue weighted by Gasteiger charge is 2.31. The van der Waals surface area contributed by atoms with Crippen LogP contribution in [0, 0.1) is 5.82 Å². The smallest absolute Gasteiger partial charge is 0.257 e. The molecule has 0 N–H and O–H groups in total. The van der Waals surface area contributed by atoms with Gasteiger partial charge in [0.2, 0.25) is 0 Å². The first kappa shape index (κ1) is 14.2. The molecule has 1 fully saturated rings. The second kappa shape index (κ2) is 5.93. The Morgan fingerprint density at radius 2 is 2.05 bits per heavy atom. The van der Waals surface area contributed by atoms with Crippen LogP contribution in [0.25, 0.3) is 0 Å². The van der Waals surface area contributed by atoms with E-state index in [1.165, 1.54) is 6.07 Å². The van der Waals surface area contributed by atoms with Crippen LogP contribution in [0.5, 0.6) is 0 Å². The van der Waals surface area contributed by atoms with Crippen molar-refractivity contribution in [3.05, 3.63) is 64.1 Å². The summed E-state index contributed by atoms with van der Waals surface area (Å²) >= 11 is 3.29. The number of carbonyl (C=O) groups is 1. The molecule has 0 unspecified atom stereocenters. The van der Waals surface area contributed by atoms with Crippen LogP contribution in [0.3, 0.4) is 0 Å². The molecule has 1 aromatic heterocycles. The lowest BCUT2D eigenvalue weighted by Crippen LogP contribution is -2.31. The molecule has 0 spiro atoms. The molecule has 108 valence electrons. The van der Waals surface area contributed by atoms with E-state index in [1.54, 1.807) is 29.4 Å². The summed E-state index contributed by atoms with van der Waals surface area (Å²) in [6, 6.07) is 8.27. The summed E-state index contributed by atoms with van der Waals surface area (Å²) in [5, 5.41) is 0. The van der Waals surface area contributed by atoms with E-state index in [-0.39, 0.29) is 17.5 Å². The quantitative estimate of drug-likeness (QED) is 0.822. The second-order valence-corrected chi connectivity index (χ2v) is 5.98. The molecule has 2 aromatic rings. The van der Waals surface area contributed by atoms with Gasteiger partial charge in [-0.25, -0.2) is 4.39 Å². The molecular weight excluding hydrogens is 335 g/mol. The monoisotopic (exact) mass is 348 g/mol. The van der Waals surface area contributed by atoms with E-state index in [0.717, 1.165) is 18.4 Å². The third-order valence-electron chi connectivity index (χ3n) is 3.76. The SMILES string of the molecule is O=C(c1cc(Br)ccc1F)N1CCC[C@@H]1c1ccncc1. The van der Waals surface area contributed by atoms with Crippen molar-refractivity contribution in [1.82, 2.24) is 9.88 Å². The van der Waals surface area contributed by atoms with Crippen LogP contribution in [0.2, 0.25) is 0 Å². The fourth-order valence-electron chi connectivity index (χ4n) is 2.76. The third kappa shape index (κ3) is 2.83. The van der Waals surface area contributed by atoms with Gasteiger partial charge in [-0.05, 0) is 48.7 Å². The van der Waals surface area contributed by atoms with Gasteiger partial charge in [0.15, 0.2) is 0 Å². The van der Waals surface area contributed by atoms with E-state index in [9.17, 15) is 9.18 Å². The molecule has 5 heteroatoms. The number of pyridine rings is 1. The summed E-state index contributed by atoms with van der Waals surface area (Å²) in [5.41, 5.74) is 1.16. The van der Waals surface area contributed by atoms with E-state index in [4.69, 9.17) is 0 Å². The molecule has 3 nitrogen and oxygen atoms in total. The first-order chi connectivity index (χ1) is 10.2. The van der Waals surface area contributed by atoms with Crippen LogP contribution >= 0.6 is 15.9 Å². The summed E-state index contributed by atoms with van der Waals surface area (Å²) < 4.78 is 14.6. The largest absolute Gasteiger partial charge is 0.332 e. The number of carbonyl (C=O) groups excluding carboxylic acids is 1. The lowest BCUT2D eigenvalue weighted by Gasteiger charge is -2.25. The molecule has 0 saturated carbocycles. The Morgan fingerprint density at radius 1 is 1.29 bits per heavy atom. The van der Waals surface area contributed by atoms with Crippen molar-refractivity contribution in [2.45, 2.75) is 18.9 Å². The number of halogens is 2. The molecule has 1 atom stereocenters. The summed E-state index contributed by atoms with van der Waals surface area (Å²) in [5.74, 6) is -0.739. The number of aromatic nitrogens is 1. The van der Waals surface area contributed by atoms with Gasteiger partial charge in [-0.2, -0.15) is 0 Å². The maximum absolute atomic E-state index is 13.9. The van der Waals surface area contributed by atoms with Crippen molar-refractivity contribution < 1.29 is 9.18 Å². The third-order valence-corrected chi connectivity index (χ3v) is 4.26. The average molecular weight is 349 g/mol. The van der Waals surface area contributed by atoms with Gasteiger partial charge in [0.05, 0.1) is 11.6 Å². The summed E-state index contributed by atoms with van der Waals surface area (Å²) in [6.45, 7) is 0.651. The van der Waals surface area contributed by atoms with Crippen LogP contribution in [0.1, 0.15) is 34.8 Å². The highest BCUT2D eigenvalue weighted by atomic mass is 79.9. The molecule has 0 aliphatic carbocycles. The molecule has 0 radical (unpaired) electrons. The maximum Gasteiger partial charge on any atom is 0.257 e. The van der Waals surface area contributed by atoms with Gasteiger partial charge in [0, 0.05) is 23.4 Å². The van der Waals surface area contributed by atoms with E-state index in [2.05, 4.69) is 20.9 Å². The standard InChI is InChI=1S/C16H14BrFN2O/c17-12-3-4-14(18)13(10-12)16(21)20-9-1-2-15(20)11-5-7-19-8-6-11/h3-8,10,15H,1-2,9H2/t15-/m1/s1. The van der Waals surface area contributed by atoms with Crippen LogP contribution < -0.4 is 0 Å². The van der Waals surface area contributed by atoms with Crippen LogP contribution in [0.4, 0.5) is 4.39 Å². The first-order valence-corrected chi connectivity index (χ1v) is 7.62. The van der Waals surface area contributed by atoms with Gasteiger partial charge in [-0.3, -0.25) is 9.78 Å². The van der Waals surface area contributed by atoms with Crippen molar-refractivity contribution in [3.8, 4) is 0 Å². The van der Waals surface area contributed by atoms with E-state index < -0.39 is 5.82 Å². The molecule has 2 heterocycles. The Kier molecular flexibility index (Phi) is 4.01. The predicted octanol–water partition coefficient (Wildman–Crippen LogP) is 3.96. The van der Waals surface area contributed by atoms with Gasteiger partial charge in [-0.15, -0.1) is 0 Å². The van der Waals surface area contributed by atoms with E-state index >= 15 is 0 Å². The molecule has 1 aliphatic rings. The molecule has 1 amide bonds. The van der Waals surface area contributed by atoms with E-state index in [1.807, 2.05) is 12.1 Å². The van der Waals surface area contributed by atoms with Crippen molar-refractivity contribution in [2.75, 3.05) is 6.54 Å². The van der Waals surface area contributed by atoms with Crippen molar-refractivity contribution >= 4 is 21.8 Å². The minimum absolute atomic E-state index is 0.00104. The maximum atomic E-state index is 13.9. The number of amides is 1. The number of rotatable bonds is 2. The zero-order valence-electron chi connectivity index (χ0n) is 11.3. The average Bonchev–Trinajstić information content (AvgIpc) is 2.99. The molecular formula is C16H14BrFN2O. The number of hydrogen-bond donors (Lipinski definition) is 0. The molecule has 1 aliphatic heterocycles. The van der Waals surface area contributed by atoms with Gasteiger partial charge in [0.25, 0.3) is 5.91 Å². The van der Waals surface area contributed by atoms with Gasteiger partial charge >= 0.3 is 0 Å². The Morgan fingerprint density at radius 3 is 2.81 bits per heavy atom. The van der Waals surface area contributed by atoms with Gasteiger partial charge < -0.3 is 4.90 Å². The zero-order chi connectivity index (χ0) is 14.8. The molecule has 3 rings (SSSR count). The zero-order valence-corrected chi connectivity index (χ0v) is 12.9. The number of benzene rings is 1. The van der Waals surface area contributed by atoms with Crippen molar-refractivity contribution in [2.24, 2.45) is 0 Å². The fourth-order valence-corrected chi connectivity index (χ4v) is 3.12. The number of hydrogen-bond acceptors (Lipinski definition) is 2. The topological polar surface area (TPSA) is 33.2 Å².